The molecule has 4 atom stereocenters. The molecule has 2 fully saturated rings. The van der Waals surface area contributed by atoms with Crippen molar-refractivity contribution in [3.05, 3.63) is 0 Å². The van der Waals surface area contributed by atoms with Gasteiger partial charge in [0.2, 0.25) is 0 Å². The number of ether oxygens (including phenoxy) is 2. The number of hydrogen-bond acceptors (Lipinski definition) is 4. The quantitative estimate of drug-likeness (QED) is 0.501. The van der Waals surface area contributed by atoms with Gasteiger partial charge in [0.05, 0.1) is 25.2 Å². The van der Waals surface area contributed by atoms with Crippen LogP contribution >= 0.6 is 0 Å². The van der Waals surface area contributed by atoms with Gasteiger partial charge in [-0.2, -0.15) is 5.26 Å². The van der Waals surface area contributed by atoms with Crippen LogP contribution in [-0.4, -0.2) is 36.6 Å². The van der Waals surface area contributed by atoms with E-state index in [4.69, 9.17) is 14.7 Å². The zero-order chi connectivity index (χ0) is 7.84. The van der Waals surface area contributed by atoms with E-state index in [0.29, 0.717) is 13.2 Å². The van der Waals surface area contributed by atoms with E-state index in [0.717, 1.165) is 0 Å². The van der Waals surface area contributed by atoms with Crippen molar-refractivity contribution in [1.29, 1.82) is 5.26 Å². The predicted octanol–water partition coefficient (Wildman–Crippen LogP) is -0.715. The van der Waals surface area contributed by atoms with E-state index in [9.17, 15) is 5.11 Å². The standard InChI is InChI=1S/C7H9NO3/c8-1-4-2-10-7-5(9)3-11-6(4)7/h4-7,9H,2-3H2/t4-,5+,6-,7-/m1/s1. The van der Waals surface area contributed by atoms with E-state index in [1.807, 2.05) is 0 Å². The molecular weight excluding hydrogens is 146 g/mol. The lowest BCUT2D eigenvalue weighted by Gasteiger charge is -2.09. The summed E-state index contributed by atoms with van der Waals surface area (Å²) in [5.41, 5.74) is 0. The lowest BCUT2D eigenvalue weighted by molar-refractivity contribution is 0.0179. The van der Waals surface area contributed by atoms with E-state index in [2.05, 4.69) is 6.07 Å². The first kappa shape index (κ1) is 7.04. The highest BCUT2D eigenvalue weighted by atomic mass is 16.6. The second-order valence-corrected chi connectivity index (χ2v) is 2.90. The molecule has 0 aromatic carbocycles. The average molecular weight is 155 g/mol. The van der Waals surface area contributed by atoms with Crippen molar-refractivity contribution in [1.82, 2.24) is 0 Å². The first-order valence-corrected chi connectivity index (χ1v) is 3.64. The first-order valence-electron chi connectivity index (χ1n) is 3.64. The smallest absolute Gasteiger partial charge is 0.113 e. The molecule has 2 aliphatic heterocycles. The van der Waals surface area contributed by atoms with Crippen LogP contribution in [0.25, 0.3) is 0 Å². The third-order valence-electron chi connectivity index (χ3n) is 2.19. The van der Waals surface area contributed by atoms with Crippen molar-refractivity contribution in [3.63, 3.8) is 0 Å². The van der Waals surface area contributed by atoms with Crippen molar-refractivity contribution in [2.45, 2.75) is 18.3 Å². The van der Waals surface area contributed by atoms with Crippen molar-refractivity contribution in [2.75, 3.05) is 13.2 Å². The summed E-state index contributed by atoms with van der Waals surface area (Å²) in [7, 11) is 0. The summed E-state index contributed by atoms with van der Waals surface area (Å²) in [5, 5.41) is 17.9. The number of fused-ring (bicyclic) bond motifs is 1. The molecule has 2 aliphatic rings. The highest BCUT2D eigenvalue weighted by molar-refractivity contribution is 5.02. The van der Waals surface area contributed by atoms with Gasteiger partial charge in [-0.05, 0) is 0 Å². The molecule has 0 unspecified atom stereocenters. The van der Waals surface area contributed by atoms with E-state index in [1.54, 1.807) is 0 Å². The Morgan fingerprint density at radius 1 is 1.27 bits per heavy atom. The van der Waals surface area contributed by atoms with E-state index >= 15 is 0 Å². The normalized spacial score (nSPS) is 48.7. The lowest BCUT2D eigenvalue weighted by Crippen LogP contribution is -2.28. The number of hydrogen-bond donors (Lipinski definition) is 1. The van der Waals surface area contributed by atoms with Gasteiger partial charge in [0, 0.05) is 0 Å². The maximum Gasteiger partial charge on any atom is 0.113 e. The van der Waals surface area contributed by atoms with Crippen LogP contribution < -0.4 is 0 Å². The number of aliphatic hydroxyl groups excluding tert-OH is 1. The zero-order valence-corrected chi connectivity index (χ0v) is 5.93. The summed E-state index contributed by atoms with van der Waals surface area (Å²) in [6.45, 7) is 0.691. The SMILES string of the molecule is N#C[C@@H]1CO[C@H]2[C@@H]1OC[C@@H]2O. The fourth-order valence-electron chi connectivity index (χ4n) is 1.59. The Bertz CT molecular complexity index is 200. The second kappa shape index (κ2) is 2.45. The van der Waals surface area contributed by atoms with Crippen LogP contribution in [0, 0.1) is 17.2 Å². The summed E-state index contributed by atoms with van der Waals surface area (Å²) in [4.78, 5) is 0. The van der Waals surface area contributed by atoms with Gasteiger partial charge in [-0.3, -0.25) is 0 Å². The van der Waals surface area contributed by atoms with Crippen LogP contribution in [0.1, 0.15) is 0 Å². The van der Waals surface area contributed by atoms with Gasteiger partial charge in [-0.25, -0.2) is 0 Å². The third-order valence-corrected chi connectivity index (χ3v) is 2.19. The summed E-state index contributed by atoms with van der Waals surface area (Å²) < 4.78 is 10.4. The topological polar surface area (TPSA) is 62.5 Å². The molecule has 0 bridgehead atoms. The Morgan fingerprint density at radius 3 is 2.73 bits per heavy atom. The average Bonchev–Trinajstić information content (AvgIpc) is 2.53. The molecule has 4 heteroatoms. The number of nitriles is 1. The number of nitrogens with zero attached hydrogens (tertiary/aromatic N) is 1. The van der Waals surface area contributed by atoms with Gasteiger partial charge in [0.1, 0.15) is 18.3 Å². The summed E-state index contributed by atoms with van der Waals surface area (Å²) in [6, 6.07) is 2.09. The predicted molar refractivity (Wildman–Crippen MR) is 34.6 cm³/mol. The molecule has 0 aromatic heterocycles. The highest BCUT2D eigenvalue weighted by Crippen LogP contribution is 2.30. The second-order valence-electron chi connectivity index (χ2n) is 2.90. The Hall–Kier alpha value is -0.630. The molecule has 2 heterocycles. The molecule has 0 aliphatic carbocycles. The van der Waals surface area contributed by atoms with Crippen molar-refractivity contribution in [3.8, 4) is 6.07 Å². The monoisotopic (exact) mass is 155 g/mol. The fourth-order valence-corrected chi connectivity index (χ4v) is 1.59. The van der Waals surface area contributed by atoms with Crippen molar-refractivity contribution >= 4 is 0 Å². The molecule has 0 aromatic rings. The Balaban J connectivity index is 2.11. The minimum atomic E-state index is -0.543. The van der Waals surface area contributed by atoms with E-state index in [-0.39, 0.29) is 18.1 Å². The molecule has 60 valence electrons. The van der Waals surface area contributed by atoms with Crippen LogP contribution in [0.4, 0.5) is 0 Å². The first-order chi connectivity index (χ1) is 5.33. The Morgan fingerprint density at radius 2 is 2.00 bits per heavy atom. The maximum absolute atomic E-state index is 9.25. The summed E-state index contributed by atoms with van der Waals surface area (Å²) >= 11 is 0. The van der Waals surface area contributed by atoms with Gasteiger partial charge in [-0.15, -0.1) is 0 Å². The molecule has 4 nitrogen and oxygen atoms in total. The summed E-state index contributed by atoms with van der Waals surface area (Å²) in [5.74, 6) is -0.197. The van der Waals surface area contributed by atoms with Crippen molar-refractivity contribution < 1.29 is 14.6 Å². The Kier molecular flexibility index (Phi) is 1.57. The zero-order valence-electron chi connectivity index (χ0n) is 5.93. The van der Waals surface area contributed by atoms with Gasteiger partial charge in [-0.1, -0.05) is 0 Å². The third kappa shape index (κ3) is 0.932. The van der Waals surface area contributed by atoms with Crippen LogP contribution in [0.5, 0.6) is 0 Å². The molecule has 0 amide bonds. The van der Waals surface area contributed by atoms with Crippen molar-refractivity contribution in [2.24, 2.45) is 5.92 Å². The van der Waals surface area contributed by atoms with Gasteiger partial charge in [0.25, 0.3) is 0 Å². The van der Waals surface area contributed by atoms with Crippen LogP contribution in [0.3, 0.4) is 0 Å². The van der Waals surface area contributed by atoms with Crippen LogP contribution in [0.2, 0.25) is 0 Å². The molecular formula is C7H9NO3. The van der Waals surface area contributed by atoms with Crippen LogP contribution in [-0.2, 0) is 9.47 Å². The maximum atomic E-state index is 9.25. The number of aliphatic hydroxyl groups is 1. The van der Waals surface area contributed by atoms with Gasteiger partial charge < -0.3 is 14.6 Å². The number of rotatable bonds is 0. The lowest BCUT2D eigenvalue weighted by atomic mass is 10.0. The van der Waals surface area contributed by atoms with E-state index in [1.165, 1.54) is 0 Å². The minimum Gasteiger partial charge on any atom is -0.388 e. The van der Waals surface area contributed by atoms with Gasteiger partial charge >= 0.3 is 0 Å². The largest absolute Gasteiger partial charge is 0.388 e. The summed E-state index contributed by atoms with van der Waals surface area (Å²) in [6.07, 6.45) is -1.01. The van der Waals surface area contributed by atoms with E-state index < -0.39 is 6.10 Å². The molecule has 0 saturated carbocycles. The molecule has 2 saturated heterocycles. The molecule has 0 spiro atoms. The Labute approximate surface area is 64.3 Å². The molecule has 1 N–H and O–H groups in total. The highest BCUT2D eigenvalue weighted by Gasteiger charge is 2.47. The molecule has 2 rings (SSSR count). The van der Waals surface area contributed by atoms with Gasteiger partial charge in [0.15, 0.2) is 0 Å². The fraction of sp³-hybridized carbons (Fsp3) is 0.857. The molecule has 0 radical (unpaired) electrons. The van der Waals surface area contributed by atoms with Crippen LogP contribution in [0.15, 0.2) is 0 Å². The minimum absolute atomic E-state index is 0.197. The molecule has 11 heavy (non-hydrogen) atoms.